The minimum Gasteiger partial charge on any atom is -0.139 e. The Kier molecular flexibility index (Phi) is 2.79. The number of rotatable bonds is 1. The first kappa shape index (κ1) is 11.7. The minimum absolute atomic E-state index is 1.04. The fourth-order valence-electron chi connectivity index (χ4n) is 2.72. The highest BCUT2D eigenvalue weighted by Gasteiger charge is 2.11. The molecule has 20 heavy (non-hydrogen) atoms. The molecule has 3 aromatic rings. The fourth-order valence-corrected chi connectivity index (χ4v) is 3.87. The van der Waals surface area contributed by atoms with Crippen molar-refractivity contribution in [3.05, 3.63) is 77.2 Å². The molecule has 1 aliphatic rings. The lowest BCUT2D eigenvalue weighted by molar-refractivity contribution is 1.35. The Labute approximate surface area is 122 Å². The van der Waals surface area contributed by atoms with E-state index >= 15 is 0 Å². The van der Waals surface area contributed by atoms with E-state index in [-0.39, 0.29) is 0 Å². The Morgan fingerprint density at radius 2 is 1.75 bits per heavy atom. The summed E-state index contributed by atoms with van der Waals surface area (Å²) in [6, 6.07) is 17.4. The van der Waals surface area contributed by atoms with Crippen LogP contribution in [0.25, 0.3) is 27.3 Å². The van der Waals surface area contributed by atoms with Gasteiger partial charge in [-0.1, -0.05) is 60.7 Å². The van der Waals surface area contributed by atoms with E-state index in [1.807, 2.05) is 11.3 Å². The van der Waals surface area contributed by atoms with Crippen molar-refractivity contribution in [3.63, 3.8) is 0 Å². The Hall–Kier alpha value is -2.12. The topological polar surface area (TPSA) is 0 Å². The molecule has 1 aliphatic carbocycles. The maximum atomic E-state index is 2.33. The van der Waals surface area contributed by atoms with E-state index in [1.165, 1.54) is 31.7 Å². The summed E-state index contributed by atoms with van der Waals surface area (Å²) in [6.45, 7) is 0. The fraction of sp³-hybridized carbons (Fsp3) is 0.0526. The van der Waals surface area contributed by atoms with Gasteiger partial charge in [0.05, 0.1) is 0 Å². The summed E-state index contributed by atoms with van der Waals surface area (Å²) in [4.78, 5) is 1.47. The van der Waals surface area contributed by atoms with Crippen molar-refractivity contribution >= 4 is 27.5 Å². The van der Waals surface area contributed by atoms with Crippen LogP contribution in [0.5, 0.6) is 0 Å². The van der Waals surface area contributed by atoms with Crippen LogP contribution in [0.3, 0.4) is 0 Å². The molecule has 0 saturated heterocycles. The highest BCUT2D eigenvalue weighted by molar-refractivity contribution is 7.19. The summed E-state index contributed by atoms with van der Waals surface area (Å²) >= 11 is 1.91. The Morgan fingerprint density at radius 3 is 2.65 bits per heavy atom. The molecule has 0 spiro atoms. The van der Waals surface area contributed by atoms with Gasteiger partial charge in [0.1, 0.15) is 0 Å². The van der Waals surface area contributed by atoms with Gasteiger partial charge in [0.25, 0.3) is 0 Å². The van der Waals surface area contributed by atoms with Crippen molar-refractivity contribution in [2.75, 3.05) is 0 Å². The van der Waals surface area contributed by atoms with Crippen LogP contribution in [0, 0.1) is 0 Å². The number of fused-ring (bicyclic) bond motifs is 3. The molecule has 4 rings (SSSR count). The van der Waals surface area contributed by atoms with Crippen molar-refractivity contribution in [1.29, 1.82) is 0 Å². The summed E-state index contributed by atoms with van der Waals surface area (Å²) < 4.78 is 1.38. The smallest absolute Gasteiger partial charge is 0.0352 e. The highest BCUT2D eigenvalue weighted by atomic mass is 32.1. The van der Waals surface area contributed by atoms with Crippen molar-refractivity contribution in [2.45, 2.75) is 6.42 Å². The van der Waals surface area contributed by atoms with Gasteiger partial charge in [-0.3, -0.25) is 0 Å². The van der Waals surface area contributed by atoms with E-state index in [1.54, 1.807) is 0 Å². The van der Waals surface area contributed by atoms with Crippen molar-refractivity contribution in [2.24, 2.45) is 0 Å². The molecule has 0 bridgehead atoms. The zero-order valence-electron chi connectivity index (χ0n) is 11.0. The highest BCUT2D eigenvalue weighted by Crippen LogP contribution is 2.36. The van der Waals surface area contributed by atoms with Crippen LogP contribution in [0.15, 0.2) is 66.8 Å². The summed E-state index contributed by atoms with van der Waals surface area (Å²) in [5.41, 5.74) is 3.97. The molecule has 0 nitrogen and oxygen atoms in total. The lowest BCUT2D eigenvalue weighted by Crippen LogP contribution is -1.79. The van der Waals surface area contributed by atoms with Crippen LogP contribution in [0.2, 0.25) is 0 Å². The standard InChI is InChI=1S/C19H14S/c1-3-7-14(8-4-1)15-11-12-19-17(13-15)16-9-5-2-6-10-18(16)20-19/h1-9,11-13H,10H2. The lowest BCUT2D eigenvalue weighted by Gasteiger charge is -2.02. The molecule has 1 heteroatoms. The first-order valence-corrected chi connectivity index (χ1v) is 7.67. The number of benzene rings is 2. The number of thiophene rings is 1. The molecule has 0 N–H and O–H groups in total. The van der Waals surface area contributed by atoms with Crippen molar-refractivity contribution in [1.82, 2.24) is 0 Å². The van der Waals surface area contributed by atoms with Crippen LogP contribution >= 0.6 is 11.3 Å². The molecule has 0 radical (unpaired) electrons. The monoisotopic (exact) mass is 274 g/mol. The molecule has 1 aromatic heterocycles. The van der Waals surface area contributed by atoms with E-state index in [0.29, 0.717) is 0 Å². The van der Waals surface area contributed by atoms with Gasteiger partial charge in [-0.2, -0.15) is 0 Å². The van der Waals surface area contributed by atoms with Crippen LogP contribution in [-0.4, -0.2) is 0 Å². The second kappa shape index (κ2) is 4.77. The van der Waals surface area contributed by atoms with Crippen LogP contribution in [-0.2, 0) is 6.42 Å². The molecule has 0 saturated carbocycles. The molecular weight excluding hydrogens is 260 g/mol. The zero-order valence-corrected chi connectivity index (χ0v) is 11.9. The van der Waals surface area contributed by atoms with E-state index in [0.717, 1.165) is 6.42 Å². The molecule has 0 atom stereocenters. The van der Waals surface area contributed by atoms with Gasteiger partial charge in [0.15, 0.2) is 0 Å². The lowest BCUT2D eigenvalue weighted by atomic mass is 10.0. The Morgan fingerprint density at radius 1 is 0.850 bits per heavy atom. The molecular formula is C19H14S. The van der Waals surface area contributed by atoms with Crippen LogP contribution in [0.4, 0.5) is 0 Å². The van der Waals surface area contributed by atoms with Gasteiger partial charge in [0, 0.05) is 21.4 Å². The minimum atomic E-state index is 1.04. The third kappa shape index (κ3) is 1.91. The molecule has 0 aliphatic heterocycles. The van der Waals surface area contributed by atoms with E-state index in [2.05, 4.69) is 72.8 Å². The largest absolute Gasteiger partial charge is 0.139 e. The molecule has 0 amide bonds. The third-order valence-electron chi connectivity index (χ3n) is 3.72. The summed E-state index contributed by atoms with van der Waals surface area (Å²) in [5.74, 6) is 0. The van der Waals surface area contributed by atoms with Crippen LogP contribution in [0.1, 0.15) is 10.4 Å². The van der Waals surface area contributed by atoms with E-state index in [4.69, 9.17) is 0 Å². The van der Waals surface area contributed by atoms with Gasteiger partial charge >= 0.3 is 0 Å². The van der Waals surface area contributed by atoms with Gasteiger partial charge < -0.3 is 0 Å². The second-order valence-corrected chi connectivity index (χ2v) is 6.14. The van der Waals surface area contributed by atoms with E-state index in [9.17, 15) is 0 Å². The number of hydrogen-bond acceptors (Lipinski definition) is 1. The summed E-state index contributed by atoms with van der Waals surface area (Å²) in [7, 11) is 0. The second-order valence-electron chi connectivity index (χ2n) is 5.01. The maximum absolute atomic E-state index is 2.33. The maximum Gasteiger partial charge on any atom is 0.0352 e. The Bertz CT molecular complexity index is 820. The number of hydrogen-bond donors (Lipinski definition) is 0. The molecule has 0 unspecified atom stereocenters. The summed E-state index contributed by atoms with van der Waals surface area (Å²) in [5, 5.41) is 1.38. The van der Waals surface area contributed by atoms with E-state index < -0.39 is 0 Å². The number of allylic oxidation sites excluding steroid dienone is 3. The quantitative estimate of drug-likeness (QED) is 0.534. The third-order valence-corrected chi connectivity index (χ3v) is 4.93. The Balaban J connectivity index is 1.93. The predicted octanol–water partition coefficient (Wildman–Crippen LogP) is 5.69. The van der Waals surface area contributed by atoms with Gasteiger partial charge in [-0.05, 0) is 28.8 Å². The van der Waals surface area contributed by atoms with Crippen LogP contribution < -0.4 is 0 Å². The van der Waals surface area contributed by atoms with Gasteiger partial charge in [0.2, 0.25) is 0 Å². The van der Waals surface area contributed by atoms with Gasteiger partial charge in [-0.25, -0.2) is 0 Å². The van der Waals surface area contributed by atoms with Crippen molar-refractivity contribution < 1.29 is 0 Å². The molecule has 96 valence electrons. The predicted molar refractivity (Wildman–Crippen MR) is 89.1 cm³/mol. The summed E-state index contributed by atoms with van der Waals surface area (Å²) in [6.07, 6.45) is 9.80. The zero-order chi connectivity index (χ0) is 13.4. The average molecular weight is 274 g/mol. The molecule has 0 fully saturated rings. The van der Waals surface area contributed by atoms with Gasteiger partial charge in [-0.15, -0.1) is 11.3 Å². The SMILES string of the molecule is C1=CCc2sc3ccc(-c4ccccc4)cc3c2C=C1. The average Bonchev–Trinajstić information content (AvgIpc) is 2.69. The normalized spacial score (nSPS) is 13.4. The van der Waals surface area contributed by atoms with Crippen molar-refractivity contribution in [3.8, 4) is 11.1 Å². The molecule has 1 heterocycles. The molecule has 2 aromatic carbocycles. The first-order valence-electron chi connectivity index (χ1n) is 6.86. The first-order chi connectivity index (χ1) is 9.92.